The number of nitrogens with one attached hydrogen (secondary N) is 3. The molecule has 0 aliphatic rings. The molecule has 0 bridgehead atoms. The predicted molar refractivity (Wildman–Crippen MR) is 149 cm³/mol. The van der Waals surface area contributed by atoms with Crippen LogP contribution in [-0.4, -0.2) is 27.1 Å². The van der Waals surface area contributed by atoms with Gasteiger partial charge in [-0.1, -0.05) is 71.7 Å². The maximum Gasteiger partial charge on any atom is 0.409 e. The lowest BCUT2D eigenvalue weighted by Gasteiger charge is -2.17. The summed E-state index contributed by atoms with van der Waals surface area (Å²) in [6.07, 6.45) is 0.102. The molecular formula is C28H27Cl2N5O3. The van der Waals surface area contributed by atoms with Gasteiger partial charge in [-0.2, -0.15) is 0 Å². The molecule has 2 amide bonds. The van der Waals surface area contributed by atoms with Gasteiger partial charge in [-0.05, 0) is 53.8 Å². The Hall–Kier alpha value is -3.85. The first kappa shape index (κ1) is 27.2. The summed E-state index contributed by atoms with van der Waals surface area (Å²) < 4.78 is 0. The molecule has 1 unspecified atom stereocenters. The monoisotopic (exact) mass is 551 g/mol. The van der Waals surface area contributed by atoms with Crippen molar-refractivity contribution in [3.05, 3.63) is 105 Å². The quantitative estimate of drug-likeness (QED) is 0.165. The zero-order valence-corrected chi connectivity index (χ0v) is 21.9. The maximum absolute atomic E-state index is 13.1. The summed E-state index contributed by atoms with van der Waals surface area (Å²) in [5.74, 6) is 0.368. The topological polar surface area (TPSA) is 133 Å². The van der Waals surface area contributed by atoms with Gasteiger partial charge in [0.15, 0.2) is 0 Å². The average Bonchev–Trinajstić information content (AvgIpc) is 3.29. The summed E-state index contributed by atoms with van der Waals surface area (Å²) in [5, 5.41) is 15.2. The van der Waals surface area contributed by atoms with Gasteiger partial charge < -0.3 is 21.1 Å². The van der Waals surface area contributed by atoms with Crippen LogP contribution in [0.2, 0.25) is 10.2 Å². The minimum atomic E-state index is -1.15. The first-order valence-electron chi connectivity index (χ1n) is 12.0. The van der Waals surface area contributed by atoms with E-state index in [0.29, 0.717) is 52.3 Å². The number of halogens is 2. The number of nitrogens with two attached hydrogens (primary N) is 1. The summed E-state index contributed by atoms with van der Waals surface area (Å²) in [4.78, 5) is 31.7. The highest BCUT2D eigenvalue weighted by molar-refractivity contribution is 6.32. The van der Waals surface area contributed by atoms with Crippen molar-refractivity contribution in [2.45, 2.75) is 31.8 Å². The van der Waals surface area contributed by atoms with Crippen molar-refractivity contribution >= 4 is 40.9 Å². The average molecular weight is 552 g/mol. The summed E-state index contributed by atoms with van der Waals surface area (Å²) >= 11 is 12.7. The van der Waals surface area contributed by atoms with Crippen molar-refractivity contribution in [2.75, 3.05) is 5.32 Å². The van der Waals surface area contributed by atoms with E-state index >= 15 is 0 Å². The number of H-pyrrole nitrogens is 1. The number of carbonyl (C=O) groups is 2. The van der Waals surface area contributed by atoms with Crippen LogP contribution in [0.3, 0.4) is 0 Å². The molecule has 0 aliphatic carbocycles. The van der Waals surface area contributed by atoms with Crippen LogP contribution < -0.4 is 16.4 Å². The molecule has 6 N–H and O–H groups in total. The molecular weight excluding hydrogens is 525 g/mol. The zero-order valence-electron chi connectivity index (χ0n) is 20.4. The standard InChI is InChI=1S/C28H27Cl2N5O3/c29-21-10-6-20(16-31)19(15-21)9-13-24(36)33-23(14-17-4-2-1-3-5-17)27-34-25(26(30)35-27)18-7-11-22(12-8-18)32-28(37)38/h1-8,10-12,15,23,32H,9,13-14,16,31H2,(H,33,36)(H,34,35)(H,37,38). The maximum atomic E-state index is 13.1. The van der Waals surface area contributed by atoms with E-state index in [4.69, 9.17) is 39.0 Å². The molecule has 0 aliphatic heterocycles. The van der Waals surface area contributed by atoms with Gasteiger partial charge in [-0.15, -0.1) is 0 Å². The normalized spacial score (nSPS) is 11.7. The first-order valence-corrected chi connectivity index (χ1v) is 12.7. The summed E-state index contributed by atoms with van der Waals surface area (Å²) in [6.45, 7) is 0.367. The molecule has 0 saturated carbocycles. The number of hydrogen-bond acceptors (Lipinski definition) is 4. The number of hydrogen-bond donors (Lipinski definition) is 5. The van der Waals surface area contributed by atoms with Crippen LogP contribution in [0.1, 0.15) is 35.0 Å². The number of anilines is 1. The van der Waals surface area contributed by atoms with Crippen LogP contribution in [0, 0.1) is 0 Å². The summed E-state index contributed by atoms with van der Waals surface area (Å²) in [7, 11) is 0. The highest BCUT2D eigenvalue weighted by Gasteiger charge is 2.22. The van der Waals surface area contributed by atoms with E-state index in [9.17, 15) is 9.59 Å². The second-order valence-corrected chi connectivity index (χ2v) is 9.53. The van der Waals surface area contributed by atoms with Crippen LogP contribution in [-0.2, 0) is 24.2 Å². The number of imidazole rings is 1. The lowest BCUT2D eigenvalue weighted by molar-refractivity contribution is -0.121. The van der Waals surface area contributed by atoms with Gasteiger partial charge in [-0.3, -0.25) is 10.1 Å². The number of benzene rings is 3. The fourth-order valence-electron chi connectivity index (χ4n) is 4.17. The Bertz CT molecular complexity index is 1410. The predicted octanol–water partition coefficient (Wildman–Crippen LogP) is 5.96. The third-order valence-electron chi connectivity index (χ3n) is 6.05. The molecule has 0 radical (unpaired) electrons. The number of carbonyl (C=O) groups excluding carboxylic acids is 1. The van der Waals surface area contributed by atoms with Crippen molar-refractivity contribution < 1.29 is 14.7 Å². The van der Waals surface area contributed by atoms with E-state index in [2.05, 4.69) is 15.6 Å². The smallest absolute Gasteiger partial charge is 0.409 e. The van der Waals surface area contributed by atoms with E-state index in [1.807, 2.05) is 42.5 Å². The van der Waals surface area contributed by atoms with Gasteiger partial charge in [-0.25, -0.2) is 9.78 Å². The number of aromatic amines is 1. The minimum absolute atomic E-state index is 0.146. The Balaban J connectivity index is 1.54. The molecule has 0 saturated heterocycles. The zero-order chi connectivity index (χ0) is 27.1. The van der Waals surface area contributed by atoms with Gasteiger partial charge in [0.2, 0.25) is 5.91 Å². The Morgan fingerprint density at radius 3 is 2.42 bits per heavy atom. The van der Waals surface area contributed by atoms with E-state index in [0.717, 1.165) is 16.7 Å². The van der Waals surface area contributed by atoms with Gasteiger partial charge in [0.1, 0.15) is 16.7 Å². The fourth-order valence-corrected chi connectivity index (χ4v) is 4.61. The van der Waals surface area contributed by atoms with Crippen molar-refractivity contribution in [1.29, 1.82) is 0 Å². The molecule has 0 spiro atoms. The summed E-state index contributed by atoms with van der Waals surface area (Å²) in [6, 6.07) is 21.5. The highest BCUT2D eigenvalue weighted by atomic mass is 35.5. The second kappa shape index (κ2) is 12.6. The van der Waals surface area contributed by atoms with Crippen LogP contribution >= 0.6 is 23.2 Å². The van der Waals surface area contributed by atoms with Gasteiger partial charge in [0.25, 0.3) is 0 Å². The third-order valence-corrected chi connectivity index (χ3v) is 6.55. The first-order chi connectivity index (χ1) is 18.3. The molecule has 38 heavy (non-hydrogen) atoms. The Morgan fingerprint density at radius 2 is 1.74 bits per heavy atom. The van der Waals surface area contributed by atoms with E-state index in [1.165, 1.54) is 0 Å². The van der Waals surface area contributed by atoms with Crippen LogP contribution in [0.5, 0.6) is 0 Å². The largest absolute Gasteiger partial charge is 0.465 e. The van der Waals surface area contributed by atoms with E-state index in [1.54, 1.807) is 30.3 Å². The molecule has 1 heterocycles. The van der Waals surface area contributed by atoms with Crippen LogP contribution in [0.25, 0.3) is 11.3 Å². The van der Waals surface area contributed by atoms with Crippen molar-refractivity contribution in [1.82, 2.24) is 15.3 Å². The molecule has 4 aromatic rings. The molecule has 1 aromatic heterocycles. The molecule has 10 heteroatoms. The molecule has 0 fully saturated rings. The Kier molecular flexibility index (Phi) is 9.02. The number of aryl methyl sites for hydroxylation is 1. The molecule has 1 atom stereocenters. The Labute approximate surface area is 230 Å². The third kappa shape index (κ3) is 7.13. The second-order valence-electron chi connectivity index (χ2n) is 8.72. The Morgan fingerprint density at radius 1 is 1.00 bits per heavy atom. The number of aromatic nitrogens is 2. The van der Waals surface area contributed by atoms with E-state index < -0.39 is 12.1 Å². The van der Waals surface area contributed by atoms with Crippen LogP contribution in [0.4, 0.5) is 10.5 Å². The molecule has 196 valence electrons. The van der Waals surface area contributed by atoms with Crippen molar-refractivity contribution in [2.24, 2.45) is 5.73 Å². The number of nitrogens with zero attached hydrogens (tertiary/aromatic N) is 1. The SMILES string of the molecule is NCc1ccc(Cl)cc1CCC(=O)NC(Cc1ccccc1)c1nc(-c2ccc(NC(=O)O)cc2)c(Cl)[nH]1. The van der Waals surface area contributed by atoms with Crippen molar-refractivity contribution in [3.63, 3.8) is 0 Å². The minimum Gasteiger partial charge on any atom is -0.465 e. The van der Waals surface area contributed by atoms with Gasteiger partial charge >= 0.3 is 6.09 Å². The summed E-state index contributed by atoms with van der Waals surface area (Å²) in [5.41, 5.74) is 10.4. The van der Waals surface area contributed by atoms with Gasteiger partial charge in [0, 0.05) is 29.2 Å². The molecule has 4 rings (SSSR count). The lowest BCUT2D eigenvalue weighted by atomic mass is 10.0. The highest BCUT2D eigenvalue weighted by Crippen LogP contribution is 2.29. The van der Waals surface area contributed by atoms with Crippen molar-refractivity contribution in [3.8, 4) is 11.3 Å². The molecule has 8 nitrogen and oxygen atoms in total. The van der Waals surface area contributed by atoms with E-state index in [-0.39, 0.29) is 12.3 Å². The lowest BCUT2D eigenvalue weighted by Crippen LogP contribution is -2.31. The molecule has 3 aromatic carbocycles. The van der Waals surface area contributed by atoms with Gasteiger partial charge in [0.05, 0.1) is 6.04 Å². The number of amides is 2. The number of carboxylic acid groups (broad SMARTS) is 1. The number of rotatable bonds is 10. The fraction of sp³-hybridized carbons (Fsp3) is 0.179. The van der Waals surface area contributed by atoms with Crippen LogP contribution in [0.15, 0.2) is 72.8 Å².